The lowest BCUT2D eigenvalue weighted by atomic mass is 10.0. The smallest absolute Gasteiger partial charge is 0.115 e. The van der Waals surface area contributed by atoms with E-state index in [1.807, 2.05) is 24.3 Å². The first-order valence-corrected chi connectivity index (χ1v) is 6.86. The van der Waals surface area contributed by atoms with Crippen molar-refractivity contribution >= 4 is 28.9 Å². The van der Waals surface area contributed by atoms with Crippen LogP contribution in [-0.4, -0.2) is 5.11 Å². The monoisotopic (exact) mass is 295 g/mol. The van der Waals surface area contributed by atoms with Gasteiger partial charge in [-0.05, 0) is 42.3 Å². The molecule has 0 bridgehead atoms. The fraction of sp³-hybridized carbons (Fsp3) is 0.200. The molecule has 0 amide bonds. The molecule has 2 rings (SSSR count). The number of halogens is 2. The lowest BCUT2D eigenvalue weighted by molar-refractivity contribution is 0.475. The maximum absolute atomic E-state index is 9.32. The Hall–Kier alpha value is -1.38. The molecule has 2 nitrogen and oxygen atoms in total. The summed E-state index contributed by atoms with van der Waals surface area (Å²) < 4.78 is 0. The third-order valence-electron chi connectivity index (χ3n) is 2.96. The fourth-order valence-corrected chi connectivity index (χ4v) is 2.21. The molecule has 0 radical (unpaired) electrons. The zero-order valence-corrected chi connectivity index (χ0v) is 12.0. The normalized spacial score (nSPS) is 12.2. The summed E-state index contributed by atoms with van der Waals surface area (Å²) in [4.78, 5) is 0. The summed E-state index contributed by atoms with van der Waals surface area (Å²) in [5, 5.41) is 13.8. The molecule has 0 saturated carbocycles. The van der Waals surface area contributed by atoms with Gasteiger partial charge < -0.3 is 10.4 Å². The third-order valence-corrected chi connectivity index (χ3v) is 3.70. The van der Waals surface area contributed by atoms with E-state index in [1.165, 1.54) is 0 Å². The van der Waals surface area contributed by atoms with Crippen molar-refractivity contribution in [1.82, 2.24) is 0 Å². The van der Waals surface area contributed by atoms with Crippen LogP contribution in [0.2, 0.25) is 10.0 Å². The molecule has 19 heavy (non-hydrogen) atoms. The summed E-state index contributed by atoms with van der Waals surface area (Å²) in [5.74, 6) is 0.271. The van der Waals surface area contributed by atoms with Gasteiger partial charge in [-0.2, -0.15) is 0 Å². The molecule has 2 aromatic rings. The Morgan fingerprint density at radius 3 is 2.32 bits per heavy atom. The van der Waals surface area contributed by atoms with Crippen molar-refractivity contribution in [2.75, 3.05) is 5.32 Å². The number of anilines is 1. The van der Waals surface area contributed by atoms with Crippen LogP contribution < -0.4 is 5.32 Å². The summed E-state index contributed by atoms with van der Waals surface area (Å²) in [6, 6.07) is 12.9. The molecule has 0 aromatic heterocycles. The minimum Gasteiger partial charge on any atom is -0.508 e. The SMILES string of the molecule is CCC(Nc1ccc(Cl)c(Cl)c1)c1ccc(O)cc1. The van der Waals surface area contributed by atoms with E-state index in [1.54, 1.807) is 18.2 Å². The second kappa shape index (κ2) is 6.18. The molecule has 2 N–H and O–H groups in total. The Labute approximate surface area is 123 Å². The number of hydrogen-bond donors (Lipinski definition) is 2. The Balaban J connectivity index is 2.18. The molecule has 0 aliphatic rings. The van der Waals surface area contributed by atoms with Gasteiger partial charge in [-0.15, -0.1) is 0 Å². The lowest BCUT2D eigenvalue weighted by Gasteiger charge is -2.19. The largest absolute Gasteiger partial charge is 0.508 e. The number of hydrogen-bond acceptors (Lipinski definition) is 2. The minimum atomic E-state index is 0.165. The first-order chi connectivity index (χ1) is 9.10. The van der Waals surface area contributed by atoms with Crippen molar-refractivity contribution < 1.29 is 5.11 Å². The van der Waals surface area contributed by atoms with Gasteiger partial charge in [0.1, 0.15) is 5.75 Å². The highest BCUT2D eigenvalue weighted by Crippen LogP contribution is 2.29. The Morgan fingerprint density at radius 2 is 1.74 bits per heavy atom. The van der Waals surface area contributed by atoms with Crippen LogP contribution in [0.1, 0.15) is 24.9 Å². The molecule has 0 saturated heterocycles. The summed E-state index contributed by atoms with van der Waals surface area (Å²) >= 11 is 11.9. The second-order valence-electron chi connectivity index (χ2n) is 4.33. The molecule has 1 atom stereocenters. The Bertz CT molecular complexity index is 555. The summed E-state index contributed by atoms with van der Waals surface area (Å²) in [5.41, 5.74) is 2.04. The van der Waals surface area contributed by atoms with Crippen LogP contribution in [0.15, 0.2) is 42.5 Å². The van der Waals surface area contributed by atoms with Crippen LogP contribution in [0.4, 0.5) is 5.69 Å². The topological polar surface area (TPSA) is 32.3 Å². The van der Waals surface area contributed by atoms with Crippen LogP contribution in [0, 0.1) is 0 Å². The van der Waals surface area contributed by atoms with Crippen molar-refractivity contribution in [3.8, 4) is 5.75 Å². The average molecular weight is 296 g/mol. The van der Waals surface area contributed by atoms with Gasteiger partial charge in [0.25, 0.3) is 0 Å². The minimum absolute atomic E-state index is 0.165. The summed E-state index contributed by atoms with van der Waals surface area (Å²) in [6.07, 6.45) is 0.922. The quantitative estimate of drug-likeness (QED) is 0.806. The predicted molar refractivity (Wildman–Crippen MR) is 81.2 cm³/mol. The Morgan fingerprint density at radius 1 is 1.05 bits per heavy atom. The van der Waals surface area contributed by atoms with Crippen molar-refractivity contribution in [1.29, 1.82) is 0 Å². The van der Waals surface area contributed by atoms with Crippen LogP contribution >= 0.6 is 23.2 Å². The number of phenols is 1. The third kappa shape index (κ3) is 3.55. The molecule has 0 spiro atoms. The van der Waals surface area contributed by atoms with Gasteiger partial charge in [0.15, 0.2) is 0 Å². The highest BCUT2D eigenvalue weighted by molar-refractivity contribution is 6.42. The summed E-state index contributed by atoms with van der Waals surface area (Å²) in [7, 11) is 0. The van der Waals surface area contributed by atoms with Crippen LogP contribution in [0.25, 0.3) is 0 Å². The molecule has 0 aliphatic heterocycles. The van der Waals surface area contributed by atoms with Gasteiger partial charge in [-0.25, -0.2) is 0 Å². The molecule has 0 aliphatic carbocycles. The number of benzene rings is 2. The molecule has 4 heteroatoms. The van der Waals surface area contributed by atoms with E-state index in [9.17, 15) is 5.11 Å². The molecular weight excluding hydrogens is 281 g/mol. The van der Waals surface area contributed by atoms with Crippen molar-refractivity contribution in [2.45, 2.75) is 19.4 Å². The number of phenolic OH excluding ortho intramolecular Hbond substituents is 1. The molecule has 2 aromatic carbocycles. The van der Waals surface area contributed by atoms with Crippen molar-refractivity contribution in [3.63, 3.8) is 0 Å². The van der Waals surface area contributed by atoms with Crippen molar-refractivity contribution in [3.05, 3.63) is 58.1 Å². The van der Waals surface area contributed by atoms with E-state index >= 15 is 0 Å². The van der Waals surface area contributed by atoms with Crippen LogP contribution in [0.5, 0.6) is 5.75 Å². The number of aromatic hydroxyl groups is 1. The lowest BCUT2D eigenvalue weighted by Crippen LogP contribution is -2.09. The second-order valence-corrected chi connectivity index (χ2v) is 5.14. The molecule has 100 valence electrons. The molecule has 1 unspecified atom stereocenters. The van der Waals surface area contributed by atoms with Gasteiger partial charge in [-0.1, -0.05) is 42.3 Å². The van der Waals surface area contributed by atoms with Gasteiger partial charge in [0, 0.05) is 5.69 Å². The first kappa shape index (κ1) is 14.0. The zero-order chi connectivity index (χ0) is 13.8. The maximum Gasteiger partial charge on any atom is 0.115 e. The van der Waals surface area contributed by atoms with Crippen LogP contribution in [0.3, 0.4) is 0 Å². The van der Waals surface area contributed by atoms with Gasteiger partial charge in [0.2, 0.25) is 0 Å². The standard InChI is InChI=1S/C15H15Cl2NO/c1-2-15(10-3-6-12(19)7-4-10)18-11-5-8-13(16)14(17)9-11/h3-9,15,18-19H,2H2,1H3. The van der Waals surface area contributed by atoms with Crippen LogP contribution in [-0.2, 0) is 0 Å². The average Bonchev–Trinajstić information content (AvgIpc) is 2.41. The molecule has 0 heterocycles. The van der Waals surface area contributed by atoms with E-state index in [4.69, 9.17) is 23.2 Å². The van der Waals surface area contributed by atoms with E-state index < -0.39 is 0 Å². The highest BCUT2D eigenvalue weighted by Gasteiger charge is 2.10. The fourth-order valence-electron chi connectivity index (χ4n) is 1.91. The number of rotatable bonds is 4. The van der Waals surface area contributed by atoms with Gasteiger partial charge in [0.05, 0.1) is 16.1 Å². The molecule has 0 fully saturated rings. The highest BCUT2D eigenvalue weighted by atomic mass is 35.5. The van der Waals surface area contributed by atoms with Crippen molar-refractivity contribution in [2.24, 2.45) is 0 Å². The zero-order valence-electron chi connectivity index (χ0n) is 10.5. The maximum atomic E-state index is 9.32. The summed E-state index contributed by atoms with van der Waals surface area (Å²) in [6.45, 7) is 2.10. The Kier molecular flexibility index (Phi) is 4.56. The van der Waals surface area contributed by atoms with E-state index in [0.717, 1.165) is 17.7 Å². The van der Waals surface area contributed by atoms with E-state index in [-0.39, 0.29) is 11.8 Å². The van der Waals surface area contributed by atoms with E-state index in [2.05, 4.69) is 12.2 Å². The van der Waals surface area contributed by atoms with Gasteiger partial charge in [-0.3, -0.25) is 0 Å². The first-order valence-electron chi connectivity index (χ1n) is 6.10. The molecular formula is C15H15Cl2NO. The number of nitrogens with one attached hydrogen (secondary N) is 1. The predicted octanol–water partition coefficient (Wildman–Crippen LogP) is 5.26. The van der Waals surface area contributed by atoms with Gasteiger partial charge >= 0.3 is 0 Å². The van der Waals surface area contributed by atoms with E-state index in [0.29, 0.717) is 10.0 Å².